The number of hydrogen-bond donors (Lipinski definition) is 0. The molecule has 7 aromatic rings. The zero-order valence-corrected chi connectivity index (χ0v) is 25.5. The summed E-state index contributed by atoms with van der Waals surface area (Å²) in [6.07, 6.45) is 0.914. The minimum absolute atomic E-state index is 0.718. The van der Waals surface area contributed by atoms with Gasteiger partial charge < -0.3 is 0 Å². The molecule has 220 valence electrons. The van der Waals surface area contributed by atoms with Crippen LogP contribution in [0.4, 0.5) is 0 Å². The molecular formula is C45H34O. The van der Waals surface area contributed by atoms with E-state index in [1.165, 1.54) is 33.4 Å². The Balaban J connectivity index is 0.000000167. The van der Waals surface area contributed by atoms with Gasteiger partial charge in [-0.2, -0.15) is 0 Å². The van der Waals surface area contributed by atoms with Crippen LogP contribution in [-0.4, -0.2) is 6.29 Å². The van der Waals surface area contributed by atoms with E-state index >= 15 is 0 Å². The molecule has 1 nitrogen and oxygen atoms in total. The van der Waals surface area contributed by atoms with Crippen LogP contribution in [-0.2, 0) is 0 Å². The normalized spacial score (nSPS) is 10.3. The van der Waals surface area contributed by atoms with E-state index in [2.05, 4.69) is 146 Å². The van der Waals surface area contributed by atoms with E-state index in [0.29, 0.717) is 0 Å². The summed E-state index contributed by atoms with van der Waals surface area (Å²) in [6, 6.07) is 68.7. The van der Waals surface area contributed by atoms with Crippen molar-refractivity contribution in [2.45, 2.75) is 0 Å². The monoisotopic (exact) mass is 590 g/mol. The standard InChI is InChI=1S/C26H20.C19H14O/c1-5-13-21(14-6-1)25(22-15-7-2-8-16-22)26(23-17-9-3-10-18-23)24-19-11-4-12-20-24;20-14-16-10-4-5-12-18(16)19-13-7-6-11-17(19)15-8-2-1-3-9-15/h1-20H;1-14H. The van der Waals surface area contributed by atoms with Gasteiger partial charge in [0.15, 0.2) is 6.29 Å². The van der Waals surface area contributed by atoms with Crippen molar-refractivity contribution in [3.8, 4) is 22.3 Å². The van der Waals surface area contributed by atoms with E-state index in [1.807, 2.05) is 54.6 Å². The number of carbonyl (C=O) groups excluding carboxylic acids is 1. The van der Waals surface area contributed by atoms with Crippen molar-refractivity contribution in [3.05, 3.63) is 228 Å². The molecule has 0 fully saturated rings. The van der Waals surface area contributed by atoms with Gasteiger partial charge in [0.25, 0.3) is 0 Å². The van der Waals surface area contributed by atoms with Crippen LogP contribution in [0.3, 0.4) is 0 Å². The summed E-state index contributed by atoms with van der Waals surface area (Å²) >= 11 is 0. The lowest BCUT2D eigenvalue weighted by molar-refractivity contribution is 0.112. The van der Waals surface area contributed by atoms with Gasteiger partial charge in [-0.15, -0.1) is 0 Å². The summed E-state index contributed by atoms with van der Waals surface area (Å²) in [5.41, 5.74) is 12.5. The average Bonchev–Trinajstić information content (AvgIpc) is 3.16. The number of benzene rings is 7. The zero-order valence-electron chi connectivity index (χ0n) is 25.5. The first kappa shape index (κ1) is 30.0. The highest BCUT2D eigenvalue weighted by Gasteiger charge is 2.15. The maximum atomic E-state index is 11.2. The molecule has 0 amide bonds. The summed E-state index contributed by atoms with van der Waals surface area (Å²) in [4.78, 5) is 11.2. The zero-order chi connectivity index (χ0) is 31.4. The molecule has 46 heavy (non-hydrogen) atoms. The molecule has 0 saturated carbocycles. The number of carbonyl (C=O) groups is 1. The summed E-state index contributed by atoms with van der Waals surface area (Å²) in [7, 11) is 0. The smallest absolute Gasteiger partial charge is 0.150 e. The Bertz CT molecular complexity index is 1840. The fraction of sp³-hybridized carbons (Fsp3) is 0. The van der Waals surface area contributed by atoms with Crippen molar-refractivity contribution in [1.82, 2.24) is 0 Å². The first-order chi connectivity index (χ1) is 22.8. The molecule has 0 bridgehead atoms. The van der Waals surface area contributed by atoms with Crippen LogP contribution in [0.5, 0.6) is 0 Å². The van der Waals surface area contributed by atoms with Crippen molar-refractivity contribution in [1.29, 1.82) is 0 Å². The topological polar surface area (TPSA) is 17.1 Å². The molecule has 0 radical (unpaired) electrons. The lowest BCUT2D eigenvalue weighted by Crippen LogP contribution is -1.97. The summed E-state index contributed by atoms with van der Waals surface area (Å²) < 4.78 is 0. The van der Waals surface area contributed by atoms with Crippen molar-refractivity contribution in [2.24, 2.45) is 0 Å². The number of aldehydes is 1. The maximum absolute atomic E-state index is 11.2. The van der Waals surface area contributed by atoms with Gasteiger partial charge in [0.2, 0.25) is 0 Å². The Labute approximate surface area is 271 Å². The summed E-state index contributed by atoms with van der Waals surface area (Å²) in [6.45, 7) is 0. The lowest BCUT2D eigenvalue weighted by atomic mass is 9.86. The average molecular weight is 591 g/mol. The molecule has 0 aromatic heterocycles. The first-order valence-electron chi connectivity index (χ1n) is 15.5. The van der Waals surface area contributed by atoms with E-state index in [1.54, 1.807) is 0 Å². The third-order valence-electron chi connectivity index (χ3n) is 7.89. The van der Waals surface area contributed by atoms with Gasteiger partial charge in [0.1, 0.15) is 0 Å². The Morgan fingerprint density at radius 2 is 0.609 bits per heavy atom. The molecule has 0 aliphatic heterocycles. The van der Waals surface area contributed by atoms with E-state index in [9.17, 15) is 4.79 Å². The molecule has 7 aromatic carbocycles. The molecule has 0 aliphatic carbocycles. The fourth-order valence-electron chi connectivity index (χ4n) is 5.76. The molecule has 1 heteroatoms. The second-order valence-corrected chi connectivity index (χ2v) is 10.8. The second-order valence-electron chi connectivity index (χ2n) is 10.8. The Morgan fingerprint density at radius 3 is 1.00 bits per heavy atom. The van der Waals surface area contributed by atoms with Crippen molar-refractivity contribution in [3.63, 3.8) is 0 Å². The summed E-state index contributed by atoms with van der Waals surface area (Å²) in [5.74, 6) is 0. The minimum atomic E-state index is 0.718. The van der Waals surface area contributed by atoms with Crippen LogP contribution in [0, 0.1) is 0 Å². The van der Waals surface area contributed by atoms with Crippen LogP contribution >= 0.6 is 0 Å². The van der Waals surface area contributed by atoms with Crippen LogP contribution in [0.25, 0.3) is 33.4 Å². The third-order valence-corrected chi connectivity index (χ3v) is 7.89. The van der Waals surface area contributed by atoms with E-state index in [4.69, 9.17) is 0 Å². The van der Waals surface area contributed by atoms with Gasteiger partial charge in [-0.1, -0.05) is 200 Å². The Morgan fingerprint density at radius 1 is 0.304 bits per heavy atom. The Kier molecular flexibility index (Phi) is 9.85. The van der Waals surface area contributed by atoms with Crippen LogP contribution in [0.1, 0.15) is 32.6 Å². The SMILES string of the molecule is O=Cc1ccccc1-c1ccccc1-c1ccccc1.c1ccc(C(=C(c2ccccc2)c2ccccc2)c2ccccc2)cc1. The highest BCUT2D eigenvalue weighted by molar-refractivity contribution is 6.04. The van der Waals surface area contributed by atoms with E-state index in [0.717, 1.165) is 34.1 Å². The number of hydrogen-bond acceptors (Lipinski definition) is 1. The van der Waals surface area contributed by atoms with Gasteiger partial charge >= 0.3 is 0 Å². The molecule has 0 spiro atoms. The molecule has 7 rings (SSSR count). The molecule has 0 atom stereocenters. The lowest BCUT2D eigenvalue weighted by Gasteiger charge is -2.18. The van der Waals surface area contributed by atoms with Crippen LogP contribution in [0.2, 0.25) is 0 Å². The van der Waals surface area contributed by atoms with Crippen molar-refractivity contribution in [2.75, 3.05) is 0 Å². The highest BCUT2D eigenvalue weighted by atomic mass is 16.1. The molecule has 0 unspecified atom stereocenters. The summed E-state index contributed by atoms with van der Waals surface area (Å²) in [5, 5.41) is 0. The third kappa shape index (κ3) is 7.01. The van der Waals surface area contributed by atoms with E-state index in [-0.39, 0.29) is 0 Å². The molecular weight excluding hydrogens is 556 g/mol. The molecule has 0 N–H and O–H groups in total. The largest absolute Gasteiger partial charge is 0.298 e. The van der Waals surface area contributed by atoms with Crippen LogP contribution < -0.4 is 0 Å². The van der Waals surface area contributed by atoms with Crippen LogP contribution in [0.15, 0.2) is 200 Å². The minimum Gasteiger partial charge on any atom is -0.298 e. The molecule has 0 heterocycles. The second kappa shape index (κ2) is 15.1. The predicted octanol–water partition coefficient (Wildman–Crippen LogP) is 11.5. The van der Waals surface area contributed by atoms with Crippen molar-refractivity contribution >= 4 is 17.4 Å². The van der Waals surface area contributed by atoms with Gasteiger partial charge in [-0.25, -0.2) is 0 Å². The Hall–Kier alpha value is -6.05. The van der Waals surface area contributed by atoms with Gasteiger partial charge in [0.05, 0.1) is 0 Å². The number of rotatable bonds is 7. The molecule has 0 aliphatic rings. The fourth-order valence-corrected chi connectivity index (χ4v) is 5.76. The van der Waals surface area contributed by atoms with Crippen molar-refractivity contribution < 1.29 is 4.79 Å². The first-order valence-corrected chi connectivity index (χ1v) is 15.5. The predicted molar refractivity (Wildman–Crippen MR) is 193 cm³/mol. The van der Waals surface area contributed by atoms with Gasteiger partial charge in [-0.3, -0.25) is 4.79 Å². The maximum Gasteiger partial charge on any atom is 0.150 e. The molecule has 0 saturated heterocycles. The van der Waals surface area contributed by atoms with Gasteiger partial charge in [-0.05, 0) is 55.7 Å². The van der Waals surface area contributed by atoms with E-state index < -0.39 is 0 Å². The highest BCUT2D eigenvalue weighted by Crippen LogP contribution is 2.37. The van der Waals surface area contributed by atoms with Gasteiger partial charge in [0, 0.05) is 5.56 Å². The quantitative estimate of drug-likeness (QED) is 0.133.